The quantitative estimate of drug-likeness (QED) is 0.631. The number of hydrogen-bond acceptors (Lipinski definition) is 6. The van der Waals surface area contributed by atoms with Gasteiger partial charge < -0.3 is 9.47 Å². The van der Waals surface area contributed by atoms with Gasteiger partial charge in [-0.05, 0) is 18.2 Å². The summed E-state index contributed by atoms with van der Waals surface area (Å²) in [5, 5.41) is 13.7. The van der Waals surface area contributed by atoms with Crippen molar-refractivity contribution in [3.63, 3.8) is 0 Å². The van der Waals surface area contributed by atoms with Crippen molar-refractivity contribution in [3.05, 3.63) is 69.8 Å². The van der Waals surface area contributed by atoms with E-state index < -0.39 is 17.7 Å². The minimum absolute atomic E-state index is 0.355. The summed E-state index contributed by atoms with van der Waals surface area (Å²) in [5.41, 5.74) is -0.224. The molecule has 1 saturated heterocycles. The van der Waals surface area contributed by atoms with Crippen LogP contribution < -0.4 is 9.47 Å². The van der Waals surface area contributed by atoms with Gasteiger partial charge >= 0.3 is 5.72 Å². The molecule has 2 aliphatic heterocycles. The summed E-state index contributed by atoms with van der Waals surface area (Å²) >= 11 is 0. The Hall–Kier alpha value is -2.64. The molecule has 0 spiro atoms. The van der Waals surface area contributed by atoms with E-state index in [9.17, 15) is 10.1 Å². The van der Waals surface area contributed by atoms with Gasteiger partial charge in [0.2, 0.25) is 6.10 Å². The Kier molecular flexibility index (Phi) is 3.63. The third-order valence-electron chi connectivity index (χ3n) is 4.86. The van der Waals surface area contributed by atoms with Crippen LogP contribution in [0.3, 0.4) is 0 Å². The lowest BCUT2D eigenvalue weighted by Gasteiger charge is -2.37. The van der Waals surface area contributed by atoms with Crippen LogP contribution in [0, 0.1) is 10.1 Å². The molecule has 0 bridgehead atoms. The summed E-state index contributed by atoms with van der Waals surface area (Å²) in [6, 6.07) is 14.5. The number of methoxy groups -OCH3 is 1. The SMILES string of the molecule is COc1ccc([C@@H]2Oc3ccccc3[C@H]3CN(C)O[C@]32[N+](=O)[O-])cc1. The fraction of sp³-hybridized carbons (Fsp3) is 0.333. The number of benzene rings is 2. The fourth-order valence-electron chi connectivity index (χ4n) is 3.72. The molecule has 0 aliphatic carbocycles. The number of likely N-dealkylation sites (N-methyl/N-ethyl adjacent to an activating group) is 1. The highest BCUT2D eigenvalue weighted by atomic mass is 16.8. The van der Waals surface area contributed by atoms with Crippen LogP contribution in [0.5, 0.6) is 11.5 Å². The first-order valence-electron chi connectivity index (χ1n) is 8.00. The molecule has 0 N–H and O–H groups in total. The van der Waals surface area contributed by atoms with Gasteiger partial charge in [0.25, 0.3) is 0 Å². The molecule has 0 amide bonds. The van der Waals surface area contributed by atoms with Crippen LogP contribution in [-0.4, -0.2) is 36.4 Å². The summed E-state index contributed by atoms with van der Waals surface area (Å²) in [6.45, 7) is 0.425. The molecule has 4 rings (SSSR count). The normalized spacial score (nSPS) is 27.9. The first-order chi connectivity index (χ1) is 12.1. The molecule has 130 valence electrons. The van der Waals surface area contributed by atoms with Crippen LogP contribution in [0.1, 0.15) is 23.1 Å². The highest BCUT2D eigenvalue weighted by Crippen LogP contribution is 2.54. The molecular weight excluding hydrogens is 324 g/mol. The Morgan fingerprint density at radius 3 is 2.64 bits per heavy atom. The van der Waals surface area contributed by atoms with Gasteiger partial charge in [0.1, 0.15) is 17.4 Å². The second kappa shape index (κ2) is 5.72. The second-order valence-corrected chi connectivity index (χ2v) is 6.27. The van der Waals surface area contributed by atoms with E-state index in [0.717, 1.165) is 5.56 Å². The van der Waals surface area contributed by atoms with Crippen molar-refractivity contribution in [1.82, 2.24) is 5.06 Å². The molecule has 2 aliphatic rings. The zero-order valence-electron chi connectivity index (χ0n) is 13.9. The zero-order chi connectivity index (χ0) is 17.6. The Balaban J connectivity index is 1.88. The number of nitrogens with zero attached hydrogens (tertiary/aromatic N) is 2. The maximum Gasteiger partial charge on any atom is 0.389 e. The van der Waals surface area contributed by atoms with Gasteiger partial charge in [-0.25, -0.2) is 4.84 Å². The Labute approximate surface area is 144 Å². The Morgan fingerprint density at radius 2 is 1.96 bits per heavy atom. The van der Waals surface area contributed by atoms with Gasteiger partial charge in [0.05, 0.1) is 12.0 Å². The number of hydrogen-bond donors (Lipinski definition) is 0. The highest BCUT2D eigenvalue weighted by Gasteiger charge is 2.68. The summed E-state index contributed by atoms with van der Waals surface area (Å²) in [7, 11) is 3.28. The van der Waals surface area contributed by atoms with Crippen LogP contribution >= 0.6 is 0 Å². The molecule has 0 saturated carbocycles. The Morgan fingerprint density at radius 1 is 1.24 bits per heavy atom. The molecule has 25 heavy (non-hydrogen) atoms. The van der Waals surface area contributed by atoms with Gasteiger partial charge in [0.15, 0.2) is 0 Å². The van der Waals surface area contributed by atoms with Crippen molar-refractivity contribution < 1.29 is 19.2 Å². The van der Waals surface area contributed by atoms with Crippen molar-refractivity contribution >= 4 is 0 Å². The van der Waals surface area contributed by atoms with Crippen LogP contribution in [0.25, 0.3) is 0 Å². The molecule has 2 aromatic carbocycles. The van der Waals surface area contributed by atoms with E-state index in [0.29, 0.717) is 23.6 Å². The lowest BCUT2D eigenvalue weighted by atomic mass is 9.80. The number of nitro groups is 1. The summed E-state index contributed by atoms with van der Waals surface area (Å²) in [5.74, 6) is 0.908. The largest absolute Gasteiger partial charge is 0.497 e. The van der Waals surface area contributed by atoms with Crippen molar-refractivity contribution in [2.45, 2.75) is 17.7 Å². The fourth-order valence-corrected chi connectivity index (χ4v) is 3.72. The molecule has 7 heteroatoms. The number of para-hydroxylation sites is 1. The number of fused-ring (bicyclic) bond motifs is 3. The van der Waals surface area contributed by atoms with Crippen molar-refractivity contribution in [2.75, 3.05) is 20.7 Å². The van der Waals surface area contributed by atoms with Crippen LogP contribution in [0.4, 0.5) is 0 Å². The van der Waals surface area contributed by atoms with Crippen LogP contribution in [-0.2, 0) is 4.84 Å². The van der Waals surface area contributed by atoms with Crippen molar-refractivity contribution in [2.24, 2.45) is 0 Å². The first kappa shape index (κ1) is 15.9. The summed E-state index contributed by atoms with van der Waals surface area (Å²) < 4.78 is 11.3. The van der Waals surface area contributed by atoms with Gasteiger partial charge in [-0.3, -0.25) is 10.1 Å². The van der Waals surface area contributed by atoms with E-state index in [1.165, 1.54) is 5.06 Å². The predicted octanol–water partition coefficient (Wildman–Crippen LogP) is 2.76. The maximum absolute atomic E-state index is 12.2. The monoisotopic (exact) mass is 342 g/mol. The smallest absolute Gasteiger partial charge is 0.389 e. The van der Waals surface area contributed by atoms with Crippen molar-refractivity contribution in [1.29, 1.82) is 0 Å². The average Bonchev–Trinajstić information content (AvgIpc) is 3.00. The molecule has 0 unspecified atom stereocenters. The van der Waals surface area contributed by atoms with Crippen LogP contribution in [0.2, 0.25) is 0 Å². The van der Waals surface area contributed by atoms with E-state index in [2.05, 4.69) is 0 Å². The van der Waals surface area contributed by atoms with E-state index in [-0.39, 0.29) is 4.92 Å². The third kappa shape index (κ3) is 2.27. The second-order valence-electron chi connectivity index (χ2n) is 6.27. The molecule has 3 atom stereocenters. The predicted molar refractivity (Wildman–Crippen MR) is 89.0 cm³/mol. The summed E-state index contributed by atoms with van der Waals surface area (Å²) in [4.78, 5) is 17.6. The molecular formula is C18H18N2O5. The lowest BCUT2D eigenvalue weighted by molar-refractivity contribution is -0.655. The number of ether oxygens (including phenoxy) is 2. The van der Waals surface area contributed by atoms with E-state index in [1.807, 2.05) is 24.3 Å². The first-order valence-corrected chi connectivity index (χ1v) is 8.00. The molecule has 2 heterocycles. The summed E-state index contributed by atoms with van der Waals surface area (Å²) in [6.07, 6.45) is -0.863. The van der Waals surface area contributed by atoms with E-state index in [1.54, 1.807) is 38.4 Å². The van der Waals surface area contributed by atoms with Crippen molar-refractivity contribution in [3.8, 4) is 11.5 Å². The Bertz CT molecular complexity index is 809. The third-order valence-corrected chi connectivity index (χ3v) is 4.86. The minimum Gasteiger partial charge on any atom is -0.497 e. The van der Waals surface area contributed by atoms with E-state index in [4.69, 9.17) is 14.3 Å². The average molecular weight is 342 g/mol. The lowest BCUT2D eigenvalue weighted by Crippen LogP contribution is -2.53. The maximum atomic E-state index is 12.2. The molecule has 7 nitrogen and oxygen atoms in total. The van der Waals surface area contributed by atoms with Gasteiger partial charge in [-0.1, -0.05) is 30.3 Å². The molecule has 0 radical (unpaired) electrons. The highest BCUT2D eigenvalue weighted by molar-refractivity contribution is 5.43. The van der Waals surface area contributed by atoms with E-state index >= 15 is 0 Å². The number of rotatable bonds is 3. The minimum atomic E-state index is -1.70. The molecule has 1 fully saturated rings. The van der Waals surface area contributed by atoms with Gasteiger partial charge in [-0.2, -0.15) is 5.06 Å². The standard InChI is InChI=1S/C18H18N2O5/c1-19-11-15-14-5-3-4-6-16(14)24-17(18(15,25-19)20(21)22)12-7-9-13(23-2)10-8-12/h3-10,15,17H,11H2,1-2H3/t15-,17+,18-/m1/s1. The van der Waals surface area contributed by atoms with Gasteiger partial charge in [0, 0.05) is 24.7 Å². The molecule has 0 aromatic heterocycles. The topological polar surface area (TPSA) is 74.1 Å². The zero-order valence-corrected chi connectivity index (χ0v) is 13.9. The number of hydroxylamine groups is 2. The molecule has 2 aromatic rings. The van der Waals surface area contributed by atoms with Crippen LogP contribution in [0.15, 0.2) is 48.5 Å². The van der Waals surface area contributed by atoms with Gasteiger partial charge in [-0.15, -0.1) is 0 Å².